The van der Waals surface area contributed by atoms with Crippen molar-refractivity contribution in [2.75, 3.05) is 13.2 Å². The molecule has 0 aromatic heterocycles. The van der Waals surface area contributed by atoms with Crippen molar-refractivity contribution in [3.63, 3.8) is 0 Å². The van der Waals surface area contributed by atoms with E-state index in [1.54, 1.807) is 0 Å². The number of ether oxygens (including phenoxy) is 1. The van der Waals surface area contributed by atoms with Gasteiger partial charge >= 0.3 is 12.1 Å². The fraction of sp³-hybridized carbons (Fsp3) is 0.444. The molecule has 4 N–H and O–H groups in total. The summed E-state index contributed by atoms with van der Waals surface area (Å²) in [6.45, 7) is -0.295. The third-order valence-corrected chi connectivity index (χ3v) is 7.00. The first kappa shape index (κ1) is 24.7. The zero-order chi connectivity index (χ0) is 24.8. The quantitative estimate of drug-likeness (QED) is 0.436. The van der Waals surface area contributed by atoms with Gasteiger partial charge in [-0.3, -0.25) is 4.79 Å². The number of hydrogen-bond acceptors (Lipinski definition) is 5. The molecule has 8 nitrogen and oxygen atoms in total. The normalized spacial score (nSPS) is 17.1. The highest BCUT2D eigenvalue weighted by Crippen LogP contribution is 2.44. The van der Waals surface area contributed by atoms with Crippen LogP contribution in [0.3, 0.4) is 0 Å². The fourth-order valence-corrected chi connectivity index (χ4v) is 5.18. The molecule has 0 bridgehead atoms. The van der Waals surface area contributed by atoms with Crippen LogP contribution in [0.2, 0.25) is 0 Å². The van der Waals surface area contributed by atoms with Crippen molar-refractivity contribution in [3.8, 4) is 11.1 Å². The smallest absolute Gasteiger partial charge is 0.407 e. The van der Waals surface area contributed by atoms with Gasteiger partial charge in [-0.15, -0.1) is 0 Å². The molecule has 2 aliphatic rings. The van der Waals surface area contributed by atoms with Crippen LogP contribution in [-0.4, -0.2) is 53.5 Å². The summed E-state index contributed by atoms with van der Waals surface area (Å²) in [5, 5.41) is 23.5. The van der Waals surface area contributed by atoms with Crippen molar-refractivity contribution in [2.24, 2.45) is 5.92 Å². The zero-order valence-electron chi connectivity index (χ0n) is 19.6. The summed E-state index contributed by atoms with van der Waals surface area (Å²) in [4.78, 5) is 36.4. The lowest BCUT2D eigenvalue weighted by Gasteiger charge is -2.26. The molecule has 2 aliphatic carbocycles. The Morgan fingerprint density at radius 2 is 1.54 bits per heavy atom. The molecule has 1 saturated carbocycles. The van der Waals surface area contributed by atoms with Gasteiger partial charge in [0, 0.05) is 5.92 Å². The molecule has 0 spiro atoms. The van der Waals surface area contributed by atoms with Gasteiger partial charge in [-0.1, -0.05) is 80.6 Å². The van der Waals surface area contributed by atoms with Crippen LogP contribution in [-0.2, 0) is 14.3 Å². The minimum atomic E-state index is -1.70. The van der Waals surface area contributed by atoms with Gasteiger partial charge in [-0.05, 0) is 34.6 Å². The topological polar surface area (TPSA) is 125 Å². The molecule has 8 heteroatoms. The Labute approximate surface area is 204 Å². The maximum atomic E-state index is 12.8. The number of fused-ring (bicyclic) bond motifs is 3. The molecule has 35 heavy (non-hydrogen) atoms. The van der Waals surface area contributed by atoms with Gasteiger partial charge in [0.2, 0.25) is 5.91 Å². The predicted octanol–water partition coefficient (Wildman–Crippen LogP) is 3.43. The molecule has 2 atom stereocenters. The molecule has 2 aromatic carbocycles. The monoisotopic (exact) mass is 480 g/mol. The summed E-state index contributed by atoms with van der Waals surface area (Å²) in [6.07, 6.45) is 3.34. The Balaban J connectivity index is 1.40. The van der Waals surface area contributed by atoms with E-state index in [9.17, 15) is 19.5 Å². The maximum absolute atomic E-state index is 12.8. The van der Waals surface area contributed by atoms with Gasteiger partial charge in [0.1, 0.15) is 12.6 Å². The maximum Gasteiger partial charge on any atom is 0.407 e. The molecular formula is C27H32N2O6. The van der Waals surface area contributed by atoms with E-state index >= 15 is 0 Å². The van der Waals surface area contributed by atoms with Crippen molar-refractivity contribution >= 4 is 18.0 Å². The summed E-state index contributed by atoms with van der Waals surface area (Å²) in [5.41, 5.74) is 4.45. The van der Waals surface area contributed by atoms with Crippen LogP contribution in [0.4, 0.5) is 4.79 Å². The van der Waals surface area contributed by atoms with Crippen LogP contribution >= 0.6 is 0 Å². The fourth-order valence-electron chi connectivity index (χ4n) is 5.18. The summed E-state index contributed by atoms with van der Waals surface area (Å²) >= 11 is 0. The van der Waals surface area contributed by atoms with Crippen LogP contribution in [0.1, 0.15) is 55.6 Å². The van der Waals surface area contributed by atoms with E-state index in [1.807, 2.05) is 36.4 Å². The number of aliphatic carboxylic acids is 1. The van der Waals surface area contributed by atoms with E-state index in [4.69, 9.17) is 9.84 Å². The number of hydrogen-bond donors (Lipinski definition) is 4. The van der Waals surface area contributed by atoms with Crippen molar-refractivity contribution in [2.45, 2.75) is 56.6 Å². The average molecular weight is 481 g/mol. The lowest BCUT2D eigenvalue weighted by molar-refractivity contribution is -0.146. The Kier molecular flexibility index (Phi) is 8.02. The van der Waals surface area contributed by atoms with Crippen molar-refractivity contribution in [1.29, 1.82) is 0 Å². The van der Waals surface area contributed by atoms with Gasteiger partial charge < -0.3 is 25.6 Å². The van der Waals surface area contributed by atoms with Crippen molar-refractivity contribution < 1.29 is 29.3 Å². The Morgan fingerprint density at radius 3 is 2.14 bits per heavy atom. The third kappa shape index (κ3) is 6.00. The molecule has 2 amide bonds. The molecule has 1 fully saturated rings. The summed E-state index contributed by atoms with van der Waals surface area (Å²) < 4.78 is 5.60. The molecule has 0 heterocycles. The second-order valence-electron chi connectivity index (χ2n) is 9.36. The zero-order valence-corrected chi connectivity index (χ0v) is 19.6. The Hall–Kier alpha value is -3.39. The number of alkyl carbamates (subject to hydrolysis) is 1. The van der Waals surface area contributed by atoms with E-state index in [0.29, 0.717) is 6.42 Å². The van der Waals surface area contributed by atoms with Gasteiger partial charge in [-0.25, -0.2) is 9.59 Å². The molecule has 2 aromatic rings. The van der Waals surface area contributed by atoms with Crippen LogP contribution in [0.15, 0.2) is 48.5 Å². The largest absolute Gasteiger partial charge is 0.479 e. The number of rotatable bonds is 9. The van der Waals surface area contributed by atoms with Crippen LogP contribution < -0.4 is 10.6 Å². The highest BCUT2D eigenvalue weighted by molar-refractivity contribution is 5.86. The molecule has 4 rings (SSSR count). The summed E-state index contributed by atoms with van der Waals surface area (Å²) in [6, 6.07) is 15.2. The number of carboxylic acids is 1. The third-order valence-electron chi connectivity index (χ3n) is 7.00. The van der Waals surface area contributed by atoms with E-state index in [-0.39, 0.29) is 18.4 Å². The number of aliphatic hydroxyl groups excluding tert-OH is 1. The number of amides is 2. The number of carboxylic acid groups (broad SMARTS) is 1. The molecule has 0 radical (unpaired) electrons. The number of aliphatic hydroxyl groups is 1. The van der Waals surface area contributed by atoms with E-state index in [0.717, 1.165) is 54.4 Å². The first-order valence-corrected chi connectivity index (χ1v) is 12.2. The molecule has 186 valence electrons. The van der Waals surface area contributed by atoms with Crippen molar-refractivity contribution in [1.82, 2.24) is 10.6 Å². The highest BCUT2D eigenvalue weighted by Gasteiger charge is 2.31. The second-order valence-corrected chi connectivity index (χ2v) is 9.36. The van der Waals surface area contributed by atoms with Gasteiger partial charge in [-0.2, -0.15) is 0 Å². The Bertz CT molecular complexity index is 1020. The lowest BCUT2D eigenvalue weighted by atomic mass is 9.84. The first-order chi connectivity index (χ1) is 16.9. The number of benzene rings is 2. The highest BCUT2D eigenvalue weighted by atomic mass is 16.5. The minimum Gasteiger partial charge on any atom is -0.479 e. The molecule has 0 saturated heterocycles. The first-order valence-electron chi connectivity index (χ1n) is 12.2. The number of carbonyl (C=O) groups is 3. The van der Waals surface area contributed by atoms with E-state index in [1.165, 1.54) is 0 Å². The summed E-state index contributed by atoms with van der Waals surface area (Å²) in [7, 11) is 0. The van der Waals surface area contributed by atoms with Gasteiger partial charge in [0.05, 0.1) is 6.54 Å². The van der Waals surface area contributed by atoms with Crippen LogP contribution in [0.25, 0.3) is 11.1 Å². The number of nitrogens with one attached hydrogen (secondary N) is 2. The predicted molar refractivity (Wildman–Crippen MR) is 130 cm³/mol. The minimum absolute atomic E-state index is 0.0931. The molecule has 2 unspecified atom stereocenters. The van der Waals surface area contributed by atoms with Crippen LogP contribution in [0.5, 0.6) is 0 Å². The number of carbonyl (C=O) groups excluding carboxylic acids is 2. The summed E-state index contributed by atoms with van der Waals surface area (Å²) in [5.74, 6) is -1.75. The van der Waals surface area contributed by atoms with Gasteiger partial charge in [0.15, 0.2) is 6.10 Å². The van der Waals surface area contributed by atoms with Crippen molar-refractivity contribution in [3.05, 3.63) is 59.7 Å². The van der Waals surface area contributed by atoms with Gasteiger partial charge in [0.25, 0.3) is 0 Å². The molecule has 0 aliphatic heterocycles. The lowest BCUT2D eigenvalue weighted by Crippen LogP contribution is -2.50. The SMILES string of the molecule is O=C(NC(CC1CCCCC1)C(=O)NCC(O)C(=O)O)OCC1c2ccccc2-c2ccccc21. The second kappa shape index (κ2) is 11.4. The van der Waals surface area contributed by atoms with Crippen LogP contribution in [0, 0.1) is 5.92 Å². The average Bonchev–Trinajstić information content (AvgIpc) is 3.19. The standard InChI is InChI=1S/C27H32N2O6/c30-24(26(32)33)15-28-25(31)23(14-17-8-2-1-3-9-17)29-27(34)35-16-22-20-12-6-4-10-18(20)19-11-5-7-13-21(19)22/h4-7,10-13,17,22-24,30H,1-3,8-9,14-16H2,(H,28,31)(H,29,34)(H,32,33). The van der Waals surface area contributed by atoms with E-state index < -0.39 is 36.7 Å². The molecular weight excluding hydrogens is 448 g/mol. The Morgan fingerprint density at radius 1 is 0.943 bits per heavy atom. The van der Waals surface area contributed by atoms with E-state index in [2.05, 4.69) is 22.8 Å².